The van der Waals surface area contributed by atoms with Gasteiger partial charge in [-0.2, -0.15) is 11.3 Å². The van der Waals surface area contributed by atoms with Gasteiger partial charge in [0.2, 0.25) is 0 Å². The molecule has 0 amide bonds. The van der Waals surface area contributed by atoms with Crippen molar-refractivity contribution in [3.63, 3.8) is 0 Å². The van der Waals surface area contributed by atoms with Crippen LogP contribution in [0.1, 0.15) is 38.3 Å². The minimum Gasteiger partial charge on any atom is -0.314 e. The summed E-state index contributed by atoms with van der Waals surface area (Å²) in [7, 11) is 0. The number of rotatable bonds is 5. The molecule has 1 N–H and O–H groups in total. The molecule has 0 aromatic carbocycles. The Hall–Kier alpha value is -0.380. The molecule has 1 fully saturated rings. The van der Waals surface area contributed by atoms with Crippen molar-refractivity contribution in [3.8, 4) is 0 Å². The smallest absolute Gasteiger partial charge is 0.0357 e. The van der Waals surface area contributed by atoms with Crippen LogP contribution in [0, 0.1) is 5.92 Å². The fourth-order valence-electron chi connectivity index (χ4n) is 2.51. The standard InChI is InChI=1S/C14H24N2S/c1-12(2)3-4-14(13-5-10-17-11-13)16-8-6-15-7-9-16/h5,10-12,14-15H,3-4,6-9H2,1-2H3/t14-/m0/s1. The summed E-state index contributed by atoms with van der Waals surface area (Å²) in [6.45, 7) is 9.31. The monoisotopic (exact) mass is 252 g/mol. The topological polar surface area (TPSA) is 15.3 Å². The summed E-state index contributed by atoms with van der Waals surface area (Å²) in [5, 5.41) is 7.98. The van der Waals surface area contributed by atoms with Crippen LogP contribution in [0.25, 0.3) is 0 Å². The Kier molecular flexibility index (Phi) is 5.01. The van der Waals surface area contributed by atoms with Gasteiger partial charge in [-0.1, -0.05) is 13.8 Å². The number of thiophene rings is 1. The summed E-state index contributed by atoms with van der Waals surface area (Å²) >= 11 is 1.82. The Bertz CT molecular complexity index is 302. The third-order valence-electron chi connectivity index (χ3n) is 3.54. The molecule has 0 aliphatic carbocycles. The Morgan fingerprint density at radius 2 is 2.06 bits per heavy atom. The lowest BCUT2D eigenvalue weighted by molar-refractivity contribution is 0.160. The van der Waals surface area contributed by atoms with Crippen LogP contribution < -0.4 is 5.32 Å². The second-order valence-corrected chi connectivity index (χ2v) is 6.11. The average molecular weight is 252 g/mol. The zero-order chi connectivity index (χ0) is 12.1. The molecule has 0 unspecified atom stereocenters. The Balaban J connectivity index is 2.01. The van der Waals surface area contributed by atoms with E-state index in [1.54, 1.807) is 0 Å². The Morgan fingerprint density at radius 1 is 1.29 bits per heavy atom. The number of hydrogen-bond donors (Lipinski definition) is 1. The molecule has 2 rings (SSSR count). The maximum absolute atomic E-state index is 3.44. The van der Waals surface area contributed by atoms with E-state index in [2.05, 4.69) is 40.9 Å². The number of piperazine rings is 1. The molecule has 0 spiro atoms. The molecule has 1 aliphatic rings. The van der Waals surface area contributed by atoms with Gasteiger partial charge in [0, 0.05) is 32.2 Å². The van der Waals surface area contributed by atoms with Gasteiger partial charge >= 0.3 is 0 Å². The van der Waals surface area contributed by atoms with Crippen LogP contribution in [0.15, 0.2) is 16.8 Å². The third-order valence-corrected chi connectivity index (χ3v) is 4.24. The highest BCUT2D eigenvalue weighted by Gasteiger charge is 2.22. The first-order valence-corrected chi connectivity index (χ1v) is 7.68. The van der Waals surface area contributed by atoms with Crippen molar-refractivity contribution >= 4 is 11.3 Å². The first-order chi connectivity index (χ1) is 8.27. The first kappa shape index (κ1) is 13.1. The summed E-state index contributed by atoms with van der Waals surface area (Å²) in [6, 6.07) is 2.95. The van der Waals surface area contributed by atoms with Crippen molar-refractivity contribution in [2.75, 3.05) is 26.2 Å². The van der Waals surface area contributed by atoms with E-state index in [1.165, 1.54) is 31.5 Å². The highest BCUT2D eigenvalue weighted by atomic mass is 32.1. The molecule has 17 heavy (non-hydrogen) atoms. The van der Waals surface area contributed by atoms with Gasteiger partial charge in [-0.3, -0.25) is 4.90 Å². The van der Waals surface area contributed by atoms with Gasteiger partial charge in [0.25, 0.3) is 0 Å². The van der Waals surface area contributed by atoms with Gasteiger partial charge in [0.05, 0.1) is 0 Å². The van der Waals surface area contributed by atoms with E-state index < -0.39 is 0 Å². The summed E-state index contributed by atoms with van der Waals surface area (Å²) in [4.78, 5) is 2.65. The van der Waals surface area contributed by atoms with Gasteiger partial charge in [-0.25, -0.2) is 0 Å². The molecule has 1 aromatic rings. The second-order valence-electron chi connectivity index (χ2n) is 5.33. The molecular weight excluding hydrogens is 228 g/mol. The number of hydrogen-bond acceptors (Lipinski definition) is 3. The largest absolute Gasteiger partial charge is 0.314 e. The normalized spacial score (nSPS) is 19.7. The molecule has 1 aromatic heterocycles. The molecule has 96 valence electrons. The maximum Gasteiger partial charge on any atom is 0.0357 e. The van der Waals surface area contributed by atoms with Crippen molar-refractivity contribution < 1.29 is 0 Å². The third kappa shape index (κ3) is 3.80. The number of nitrogens with one attached hydrogen (secondary N) is 1. The highest BCUT2D eigenvalue weighted by molar-refractivity contribution is 7.07. The lowest BCUT2D eigenvalue weighted by atomic mass is 9.98. The van der Waals surface area contributed by atoms with Gasteiger partial charge in [0.1, 0.15) is 0 Å². The van der Waals surface area contributed by atoms with Gasteiger partial charge < -0.3 is 5.32 Å². The highest BCUT2D eigenvalue weighted by Crippen LogP contribution is 2.29. The van der Waals surface area contributed by atoms with Crippen LogP contribution in [0.3, 0.4) is 0 Å². The average Bonchev–Trinajstić information content (AvgIpc) is 2.84. The second kappa shape index (κ2) is 6.53. The molecule has 2 heterocycles. The van der Waals surface area contributed by atoms with Gasteiger partial charge in [-0.15, -0.1) is 0 Å². The Morgan fingerprint density at radius 3 is 2.65 bits per heavy atom. The van der Waals surface area contributed by atoms with E-state index in [4.69, 9.17) is 0 Å². The summed E-state index contributed by atoms with van der Waals surface area (Å²) in [5.41, 5.74) is 1.53. The molecule has 1 saturated heterocycles. The van der Waals surface area contributed by atoms with Crippen LogP contribution in [-0.2, 0) is 0 Å². The summed E-state index contributed by atoms with van der Waals surface area (Å²) < 4.78 is 0. The van der Waals surface area contributed by atoms with E-state index >= 15 is 0 Å². The molecule has 0 radical (unpaired) electrons. The SMILES string of the molecule is CC(C)CC[C@@H](c1ccsc1)N1CCNCC1. The Labute approximate surface area is 109 Å². The predicted molar refractivity (Wildman–Crippen MR) is 75.6 cm³/mol. The zero-order valence-electron chi connectivity index (χ0n) is 11.0. The lowest BCUT2D eigenvalue weighted by Crippen LogP contribution is -2.45. The van der Waals surface area contributed by atoms with Crippen LogP contribution in [-0.4, -0.2) is 31.1 Å². The molecule has 2 nitrogen and oxygen atoms in total. The minimum absolute atomic E-state index is 0.644. The lowest BCUT2D eigenvalue weighted by Gasteiger charge is -2.35. The molecule has 0 bridgehead atoms. The van der Waals surface area contributed by atoms with E-state index in [9.17, 15) is 0 Å². The molecular formula is C14H24N2S. The predicted octanol–water partition coefficient (Wildman–Crippen LogP) is 3.13. The van der Waals surface area contributed by atoms with E-state index in [0.717, 1.165) is 19.0 Å². The fourth-order valence-corrected chi connectivity index (χ4v) is 3.22. The van der Waals surface area contributed by atoms with Crippen molar-refractivity contribution in [2.24, 2.45) is 5.92 Å². The maximum atomic E-state index is 3.44. The molecule has 1 aliphatic heterocycles. The van der Waals surface area contributed by atoms with E-state index in [1.807, 2.05) is 11.3 Å². The molecule has 3 heteroatoms. The number of nitrogens with zero attached hydrogens (tertiary/aromatic N) is 1. The van der Waals surface area contributed by atoms with Gasteiger partial charge in [-0.05, 0) is 41.1 Å². The van der Waals surface area contributed by atoms with Crippen molar-refractivity contribution in [1.29, 1.82) is 0 Å². The fraction of sp³-hybridized carbons (Fsp3) is 0.714. The minimum atomic E-state index is 0.644. The van der Waals surface area contributed by atoms with Crippen LogP contribution in [0.2, 0.25) is 0 Å². The zero-order valence-corrected chi connectivity index (χ0v) is 11.8. The summed E-state index contributed by atoms with van der Waals surface area (Å²) in [6.07, 6.45) is 2.62. The van der Waals surface area contributed by atoms with Crippen molar-refractivity contribution in [1.82, 2.24) is 10.2 Å². The van der Waals surface area contributed by atoms with Crippen LogP contribution >= 0.6 is 11.3 Å². The van der Waals surface area contributed by atoms with E-state index in [-0.39, 0.29) is 0 Å². The van der Waals surface area contributed by atoms with Crippen LogP contribution in [0.5, 0.6) is 0 Å². The summed E-state index contributed by atoms with van der Waals surface area (Å²) in [5.74, 6) is 0.805. The quantitative estimate of drug-likeness (QED) is 0.866. The van der Waals surface area contributed by atoms with Crippen LogP contribution in [0.4, 0.5) is 0 Å². The molecule has 1 atom stereocenters. The van der Waals surface area contributed by atoms with Crippen molar-refractivity contribution in [3.05, 3.63) is 22.4 Å². The van der Waals surface area contributed by atoms with Crippen molar-refractivity contribution in [2.45, 2.75) is 32.7 Å². The van der Waals surface area contributed by atoms with E-state index in [0.29, 0.717) is 6.04 Å². The first-order valence-electron chi connectivity index (χ1n) is 6.74. The molecule has 0 saturated carbocycles. The van der Waals surface area contributed by atoms with Gasteiger partial charge in [0.15, 0.2) is 0 Å².